The summed E-state index contributed by atoms with van der Waals surface area (Å²) in [5.74, 6) is -1.88. The molecule has 48 heavy (non-hydrogen) atoms. The number of hydrogen-bond acceptors (Lipinski definition) is 4. The van der Waals surface area contributed by atoms with Crippen LogP contribution in [0.15, 0.2) is 108 Å². The number of carbonyl (C=O) groups excluding carboxylic acids is 2. The fraction of sp³-hybridized carbons (Fsp3) is 0.257. The highest BCUT2D eigenvalue weighted by molar-refractivity contribution is 7.92. The van der Waals surface area contributed by atoms with Crippen LogP contribution in [0.25, 0.3) is 0 Å². The fourth-order valence-corrected chi connectivity index (χ4v) is 6.55. The molecule has 254 valence electrons. The molecule has 7 nitrogen and oxygen atoms in total. The predicted octanol–water partition coefficient (Wildman–Crippen LogP) is 7.11. The number of halogens is 5. The predicted molar refractivity (Wildman–Crippen MR) is 176 cm³/mol. The van der Waals surface area contributed by atoms with Crippen LogP contribution < -0.4 is 9.62 Å². The molecule has 0 spiro atoms. The minimum atomic E-state index is -4.93. The Bertz CT molecular complexity index is 1810. The number of nitrogens with one attached hydrogen (secondary N) is 1. The molecule has 13 heteroatoms. The van der Waals surface area contributed by atoms with E-state index in [0.717, 1.165) is 12.1 Å². The smallest absolute Gasteiger partial charge is 0.354 e. The van der Waals surface area contributed by atoms with Crippen molar-refractivity contribution in [2.75, 3.05) is 17.4 Å². The van der Waals surface area contributed by atoms with Gasteiger partial charge in [-0.3, -0.25) is 13.9 Å². The number of anilines is 1. The van der Waals surface area contributed by atoms with E-state index in [2.05, 4.69) is 5.32 Å². The molecular weight excluding hydrogens is 670 g/mol. The molecule has 1 atom stereocenters. The Morgan fingerprint density at radius 1 is 0.854 bits per heavy atom. The summed E-state index contributed by atoms with van der Waals surface area (Å²) >= 11 is 5.85. The van der Waals surface area contributed by atoms with E-state index >= 15 is 0 Å². The Hall–Kier alpha value is -4.42. The monoisotopic (exact) mass is 703 g/mol. The summed E-state index contributed by atoms with van der Waals surface area (Å²) < 4.78 is 84.2. The molecule has 0 aliphatic heterocycles. The lowest BCUT2D eigenvalue weighted by Gasteiger charge is -2.34. The zero-order valence-electron chi connectivity index (χ0n) is 26.1. The topological polar surface area (TPSA) is 86.8 Å². The van der Waals surface area contributed by atoms with E-state index < -0.39 is 62.7 Å². The highest BCUT2D eigenvalue weighted by Crippen LogP contribution is 2.38. The second-order valence-corrected chi connectivity index (χ2v) is 13.7. The summed E-state index contributed by atoms with van der Waals surface area (Å²) in [4.78, 5) is 29.1. The van der Waals surface area contributed by atoms with Gasteiger partial charge in [0.1, 0.15) is 18.4 Å². The average molecular weight is 704 g/mol. The van der Waals surface area contributed by atoms with Crippen LogP contribution in [0.5, 0.6) is 0 Å². The first-order valence-corrected chi connectivity index (χ1v) is 16.8. The first-order chi connectivity index (χ1) is 22.7. The maximum atomic E-state index is 14.4. The van der Waals surface area contributed by atoms with Crippen molar-refractivity contribution in [3.05, 3.63) is 131 Å². The van der Waals surface area contributed by atoms with Crippen molar-refractivity contribution >= 4 is 39.1 Å². The molecule has 4 aromatic rings. The standard InChI is InChI=1S/C35H34ClF4N3O4S/c1-24(2)21-41-34(45)32(19-25-9-5-3-6-10-25)42(22-26-13-15-27(37)16-14-26)33(44)23-43(48(46,47)29-11-7-4-8-12-29)28-17-18-31(36)30(20-28)35(38,39)40/h3-18,20,24,32H,19,21-23H2,1-2H3,(H,41,45)/t32-/m1/s1. The third kappa shape index (κ3) is 9.35. The van der Waals surface area contributed by atoms with Gasteiger partial charge in [-0.05, 0) is 59.5 Å². The van der Waals surface area contributed by atoms with E-state index in [4.69, 9.17) is 11.6 Å². The normalized spacial score (nSPS) is 12.4. The Morgan fingerprint density at radius 2 is 1.46 bits per heavy atom. The third-order valence-corrected chi connectivity index (χ3v) is 9.49. The van der Waals surface area contributed by atoms with Crippen molar-refractivity contribution < 1.29 is 35.6 Å². The summed E-state index contributed by atoms with van der Waals surface area (Å²) in [6.45, 7) is 2.85. The van der Waals surface area contributed by atoms with Crippen molar-refractivity contribution in [1.82, 2.24) is 10.2 Å². The average Bonchev–Trinajstić information content (AvgIpc) is 3.05. The zero-order valence-corrected chi connectivity index (χ0v) is 27.7. The van der Waals surface area contributed by atoms with Gasteiger partial charge in [0.2, 0.25) is 11.8 Å². The van der Waals surface area contributed by atoms with Crippen LogP contribution in [-0.2, 0) is 38.8 Å². The summed E-state index contributed by atoms with van der Waals surface area (Å²) in [7, 11) is -4.64. The van der Waals surface area contributed by atoms with Gasteiger partial charge >= 0.3 is 6.18 Å². The van der Waals surface area contributed by atoms with Gasteiger partial charge < -0.3 is 10.2 Å². The van der Waals surface area contributed by atoms with Gasteiger partial charge in [0, 0.05) is 19.5 Å². The number of amides is 2. The van der Waals surface area contributed by atoms with Gasteiger partial charge in [-0.1, -0.05) is 86.1 Å². The molecule has 0 aliphatic rings. The largest absolute Gasteiger partial charge is 0.417 e. The number of alkyl halides is 3. The van der Waals surface area contributed by atoms with Gasteiger partial charge in [0.15, 0.2) is 0 Å². The number of rotatable bonds is 13. The quantitative estimate of drug-likeness (QED) is 0.151. The molecule has 0 aliphatic carbocycles. The van der Waals surface area contributed by atoms with Crippen LogP contribution in [-0.4, -0.2) is 44.3 Å². The molecule has 1 N–H and O–H groups in total. The highest BCUT2D eigenvalue weighted by atomic mass is 35.5. The molecule has 2 amide bonds. The SMILES string of the molecule is CC(C)CNC(=O)[C@@H](Cc1ccccc1)N(Cc1ccc(F)cc1)C(=O)CN(c1ccc(Cl)c(C(F)(F)F)c1)S(=O)(=O)c1ccccc1. The number of benzene rings is 4. The van der Waals surface area contributed by atoms with Crippen LogP contribution >= 0.6 is 11.6 Å². The minimum absolute atomic E-state index is 0.0301. The van der Waals surface area contributed by atoms with Crippen LogP contribution in [0.3, 0.4) is 0 Å². The maximum absolute atomic E-state index is 14.4. The first kappa shape index (κ1) is 36.4. The summed E-state index contributed by atoms with van der Waals surface area (Å²) in [5, 5.41) is 2.18. The molecule has 4 aromatic carbocycles. The van der Waals surface area contributed by atoms with E-state index in [9.17, 15) is 35.6 Å². The number of carbonyl (C=O) groups is 2. The zero-order chi connectivity index (χ0) is 35.1. The fourth-order valence-electron chi connectivity index (χ4n) is 4.90. The lowest BCUT2D eigenvalue weighted by molar-refractivity contribution is -0.140. The second kappa shape index (κ2) is 15.7. The van der Waals surface area contributed by atoms with Crippen molar-refractivity contribution in [1.29, 1.82) is 0 Å². The van der Waals surface area contributed by atoms with Gasteiger partial charge in [-0.15, -0.1) is 0 Å². The van der Waals surface area contributed by atoms with Crippen LogP contribution in [0.4, 0.5) is 23.2 Å². The first-order valence-electron chi connectivity index (χ1n) is 15.0. The van der Waals surface area contributed by atoms with Crippen molar-refractivity contribution in [3.63, 3.8) is 0 Å². The Labute approximate surface area is 282 Å². The van der Waals surface area contributed by atoms with Gasteiger partial charge in [-0.2, -0.15) is 13.2 Å². The van der Waals surface area contributed by atoms with E-state index in [1.807, 2.05) is 13.8 Å². The minimum Gasteiger partial charge on any atom is -0.354 e. The summed E-state index contributed by atoms with van der Waals surface area (Å²) in [5.41, 5.74) is -0.627. The Morgan fingerprint density at radius 3 is 2.04 bits per heavy atom. The molecule has 0 aromatic heterocycles. The third-order valence-electron chi connectivity index (χ3n) is 7.38. The number of hydrogen-bond donors (Lipinski definition) is 1. The Kier molecular flexibility index (Phi) is 11.9. The lowest BCUT2D eigenvalue weighted by Crippen LogP contribution is -2.53. The number of nitrogens with zero attached hydrogens (tertiary/aromatic N) is 2. The van der Waals surface area contributed by atoms with Gasteiger partial charge in [-0.25, -0.2) is 12.8 Å². The van der Waals surface area contributed by atoms with E-state index in [1.54, 1.807) is 36.4 Å². The highest BCUT2D eigenvalue weighted by Gasteiger charge is 2.37. The van der Waals surface area contributed by atoms with Crippen molar-refractivity contribution in [2.45, 2.75) is 43.9 Å². The van der Waals surface area contributed by atoms with Crippen LogP contribution in [0.2, 0.25) is 5.02 Å². The van der Waals surface area contributed by atoms with Crippen molar-refractivity contribution in [2.24, 2.45) is 5.92 Å². The molecule has 0 unspecified atom stereocenters. The van der Waals surface area contributed by atoms with E-state index in [-0.39, 0.29) is 30.3 Å². The Balaban J connectivity index is 1.85. The van der Waals surface area contributed by atoms with Gasteiger partial charge in [0.25, 0.3) is 10.0 Å². The molecule has 4 rings (SSSR count). The molecule has 0 saturated carbocycles. The van der Waals surface area contributed by atoms with E-state index in [0.29, 0.717) is 21.5 Å². The molecule has 0 radical (unpaired) electrons. The van der Waals surface area contributed by atoms with Crippen molar-refractivity contribution in [3.8, 4) is 0 Å². The molecule has 0 saturated heterocycles. The lowest BCUT2D eigenvalue weighted by atomic mass is 10.0. The van der Waals surface area contributed by atoms with E-state index in [1.165, 1.54) is 53.4 Å². The summed E-state index contributed by atoms with van der Waals surface area (Å²) in [6.07, 6.45) is -4.90. The molecular formula is C35H34ClF4N3O4S. The molecule has 0 fully saturated rings. The van der Waals surface area contributed by atoms with Crippen LogP contribution in [0.1, 0.15) is 30.5 Å². The maximum Gasteiger partial charge on any atom is 0.417 e. The number of sulfonamides is 1. The second-order valence-electron chi connectivity index (χ2n) is 11.5. The van der Waals surface area contributed by atoms with Gasteiger partial charge in [0.05, 0.1) is 21.2 Å². The molecule has 0 bridgehead atoms. The summed E-state index contributed by atoms with van der Waals surface area (Å²) in [6, 6.07) is 22.4. The molecule has 0 heterocycles. The van der Waals surface area contributed by atoms with Crippen LogP contribution in [0, 0.1) is 11.7 Å².